The van der Waals surface area contributed by atoms with E-state index in [0.717, 1.165) is 24.4 Å². The summed E-state index contributed by atoms with van der Waals surface area (Å²) in [7, 11) is 1.82. The van der Waals surface area contributed by atoms with Gasteiger partial charge in [-0.05, 0) is 50.0 Å². The van der Waals surface area contributed by atoms with E-state index in [1.807, 2.05) is 7.11 Å². The van der Waals surface area contributed by atoms with E-state index in [1.54, 1.807) is 0 Å². The lowest BCUT2D eigenvalue weighted by atomic mass is 9.81. The van der Waals surface area contributed by atoms with Crippen molar-refractivity contribution in [2.75, 3.05) is 20.3 Å². The Bertz CT molecular complexity index is 207. The van der Waals surface area contributed by atoms with Gasteiger partial charge < -0.3 is 10.1 Å². The molecular weight excluding hydrogens is 210 g/mol. The lowest BCUT2D eigenvalue weighted by molar-refractivity contribution is 0.151. The molecule has 0 aromatic heterocycles. The second kappa shape index (κ2) is 6.75. The molecule has 1 atom stereocenters. The van der Waals surface area contributed by atoms with E-state index in [9.17, 15) is 0 Å². The number of methoxy groups -OCH3 is 1. The van der Waals surface area contributed by atoms with Crippen molar-refractivity contribution in [1.82, 2.24) is 5.32 Å². The van der Waals surface area contributed by atoms with E-state index in [1.165, 1.54) is 51.5 Å². The first kappa shape index (κ1) is 13.4. The summed E-state index contributed by atoms with van der Waals surface area (Å²) < 4.78 is 5.32. The van der Waals surface area contributed by atoms with Crippen LogP contribution in [0.2, 0.25) is 0 Å². The predicted molar refractivity (Wildman–Crippen MR) is 72.1 cm³/mol. The minimum absolute atomic E-state index is 0.629. The number of hydrogen-bond donors (Lipinski definition) is 1. The first-order valence-electron chi connectivity index (χ1n) is 7.55. The molecule has 2 nitrogen and oxygen atoms in total. The Kier molecular flexibility index (Phi) is 5.30. The average Bonchev–Trinajstić information content (AvgIpc) is 3.19. The van der Waals surface area contributed by atoms with Crippen LogP contribution in [0.1, 0.15) is 51.9 Å². The quantitative estimate of drug-likeness (QED) is 0.736. The summed E-state index contributed by atoms with van der Waals surface area (Å²) >= 11 is 0. The molecule has 0 amide bonds. The van der Waals surface area contributed by atoms with Crippen molar-refractivity contribution in [3.8, 4) is 0 Å². The van der Waals surface area contributed by atoms with Gasteiger partial charge >= 0.3 is 0 Å². The van der Waals surface area contributed by atoms with Crippen molar-refractivity contribution >= 4 is 0 Å². The zero-order valence-electron chi connectivity index (χ0n) is 11.6. The lowest BCUT2D eigenvalue weighted by Crippen LogP contribution is -2.39. The maximum atomic E-state index is 5.32. The van der Waals surface area contributed by atoms with Crippen LogP contribution < -0.4 is 5.32 Å². The molecule has 0 spiro atoms. The van der Waals surface area contributed by atoms with Gasteiger partial charge in [-0.15, -0.1) is 0 Å². The molecule has 2 rings (SSSR count). The fraction of sp³-hybridized carbons (Fsp3) is 1.00. The Balaban J connectivity index is 1.63. The van der Waals surface area contributed by atoms with Gasteiger partial charge in [0.05, 0.1) is 6.61 Å². The highest BCUT2D eigenvalue weighted by Gasteiger charge is 2.31. The third-order valence-corrected chi connectivity index (χ3v) is 4.75. The largest absolute Gasteiger partial charge is 0.383 e. The Morgan fingerprint density at radius 1 is 1.06 bits per heavy atom. The molecule has 0 radical (unpaired) electrons. The van der Waals surface area contributed by atoms with Crippen LogP contribution in [0, 0.1) is 17.8 Å². The molecule has 2 aliphatic carbocycles. The standard InChI is InChI=1S/C15H29NO/c1-3-12-4-6-13(7-5-12)10-16-15(11-17-2)14-8-9-14/h12-16H,3-11H2,1-2H3. The fourth-order valence-corrected chi connectivity index (χ4v) is 3.20. The van der Waals surface area contributed by atoms with Gasteiger partial charge in [0.2, 0.25) is 0 Å². The summed E-state index contributed by atoms with van der Waals surface area (Å²) in [5.74, 6) is 2.85. The van der Waals surface area contributed by atoms with Gasteiger partial charge in [0.1, 0.15) is 0 Å². The van der Waals surface area contributed by atoms with Gasteiger partial charge in [-0.3, -0.25) is 0 Å². The molecule has 0 saturated heterocycles. The van der Waals surface area contributed by atoms with E-state index in [4.69, 9.17) is 4.74 Å². The number of rotatable bonds is 7. The van der Waals surface area contributed by atoms with Crippen molar-refractivity contribution in [3.63, 3.8) is 0 Å². The van der Waals surface area contributed by atoms with E-state index in [0.29, 0.717) is 6.04 Å². The van der Waals surface area contributed by atoms with Crippen LogP contribution in [0.15, 0.2) is 0 Å². The molecule has 0 bridgehead atoms. The maximum Gasteiger partial charge on any atom is 0.0618 e. The Labute approximate surface area is 107 Å². The Morgan fingerprint density at radius 2 is 1.71 bits per heavy atom. The van der Waals surface area contributed by atoms with Crippen molar-refractivity contribution in [1.29, 1.82) is 0 Å². The molecule has 1 N–H and O–H groups in total. The molecule has 100 valence electrons. The van der Waals surface area contributed by atoms with Crippen LogP contribution in [-0.2, 0) is 4.74 Å². The summed E-state index contributed by atoms with van der Waals surface area (Å²) in [6, 6.07) is 0.629. The highest BCUT2D eigenvalue weighted by Crippen LogP contribution is 2.34. The molecule has 0 aromatic carbocycles. The maximum absolute atomic E-state index is 5.32. The van der Waals surface area contributed by atoms with Gasteiger partial charge in [-0.2, -0.15) is 0 Å². The summed E-state index contributed by atoms with van der Waals surface area (Å²) in [4.78, 5) is 0. The molecule has 0 aliphatic heterocycles. The molecule has 0 aromatic rings. The number of nitrogens with one attached hydrogen (secondary N) is 1. The highest BCUT2D eigenvalue weighted by atomic mass is 16.5. The van der Waals surface area contributed by atoms with Crippen molar-refractivity contribution in [2.24, 2.45) is 17.8 Å². The monoisotopic (exact) mass is 239 g/mol. The summed E-state index contributed by atoms with van der Waals surface area (Å²) in [5.41, 5.74) is 0. The second-order valence-corrected chi connectivity index (χ2v) is 6.10. The van der Waals surface area contributed by atoms with E-state index >= 15 is 0 Å². The number of ether oxygens (including phenoxy) is 1. The van der Waals surface area contributed by atoms with Gasteiger partial charge in [0.15, 0.2) is 0 Å². The van der Waals surface area contributed by atoms with E-state index < -0.39 is 0 Å². The molecule has 17 heavy (non-hydrogen) atoms. The summed E-state index contributed by atoms with van der Waals surface area (Å²) in [6.07, 6.45) is 10.00. The van der Waals surface area contributed by atoms with Crippen LogP contribution in [0.4, 0.5) is 0 Å². The molecule has 0 heterocycles. The molecule has 1 unspecified atom stereocenters. The zero-order chi connectivity index (χ0) is 12.1. The summed E-state index contributed by atoms with van der Waals surface area (Å²) in [5, 5.41) is 3.76. The SMILES string of the molecule is CCC1CCC(CNC(COC)C2CC2)CC1. The normalized spacial score (nSPS) is 31.4. The third-order valence-electron chi connectivity index (χ3n) is 4.75. The number of hydrogen-bond acceptors (Lipinski definition) is 2. The van der Waals surface area contributed by atoms with Gasteiger partial charge in [-0.25, -0.2) is 0 Å². The predicted octanol–water partition coefficient (Wildman–Crippen LogP) is 3.22. The van der Waals surface area contributed by atoms with Gasteiger partial charge in [-0.1, -0.05) is 26.2 Å². The third kappa shape index (κ3) is 4.26. The van der Waals surface area contributed by atoms with Crippen molar-refractivity contribution in [2.45, 2.75) is 57.9 Å². The molecule has 2 heteroatoms. The smallest absolute Gasteiger partial charge is 0.0618 e. The van der Waals surface area contributed by atoms with E-state index in [-0.39, 0.29) is 0 Å². The van der Waals surface area contributed by atoms with Crippen LogP contribution in [0.5, 0.6) is 0 Å². The minimum Gasteiger partial charge on any atom is -0.383 e. The molecular formula is C15H29NO. The molecule has 2 aliphatic rings. The first-order valence-corrected chi connectivity index (χ1v) is 7.55. The van der Waals surface area contributed by atoms with Crippen LogP contribution >= 0.6 is 0 Å². The molecule has 2 fully saturated rings. The average molecular weight is 239 g/mol. The minimum atomic E-state index is 0.629. The van der Waals surface area contributed by atoms with Crippen molar-refractivity contribution < 1.29 is 4.74 Å². The first-order chi connectivity index (χ1) is 8.33. The molecule has 2 saturated carbocycles. The van der Waals surface area contributed by atoms with Crippen LogP contribution in [0.3, 0.4) is 0 Å². The van der Waals surface area contributed by atoms with Gasteiger partial charge in [0.25, 0.3) is 0 Å². The fourth-order valence-electron chi connectivity index (χ4n) is 3.20. The zero-order valence-corrected chi connectivity index (χ0v) is 11.6. The topological polar surface area (TPSA) is 21.3 Å². The van der Waals surface area contributed by atoms with Crippen LogP contribution in [-0.4, -0.2) is 26.3 Å². The second-order valence-electron chi connectivity index (χ2n) is 6.10. The highest BCUT2D eigenvalue weighted by molar-refractivity contribution is 4.87. The van der Waals surface area contributed by atoms with Crippen molar-refractivity contribution in [3.05, 3.63) is 0 Å². The summed E-state index contributed by atoms with van der Waals surface area (Å²) in [6.45, 7) is 4.46. The van der Waals surface area contributed by atoms with Gasteiger partial charge in [0, 0.05) is 13.2 Å². The Hall–Kier alpha value is -0.0800. The Morgan fingerprint density at radius 3 is 2.24 bits per heavy atom. The van der Waals surface area contributed by atoms with Crippen LogP contribution in [0.25, 0.3) is 0 Å². The lowest BCUT2D eigenvalue weighted by Gasteiger charge is -2.29. The van der Waals surface area contributed by atoms with E-state index in [2.05, 4.69) is 12.2 Å².